The molecule has 3 heterocycles. The first-order chi connectivity index (χ1) is 11.9. The maximum atomic E-state index is 12.2. The van der Waals surface area contributed by atoms with Crippen LogP contribution in [0.25, 0.3) is 10.6 Å². The molecule has 0 aliphatic heterocycles. The van der Waals surface area contributed by atoms with Crippen molar-refractivity contribution in [1.29, 1.82) is 0 Å². The molecule has 0 saturated carbocycles. The van der Waals surface area contributed by atoms with Gasteiger partial charge in [0.05, 0.1) is 11.1 Å². The van der Waals surface area contributed by atoms with Crippen molar-refractivity contribution in [1.82, 2.24) is 20.4 Å². The van der Waals surface area contributed by atoms with E-state index in [1.807, 2.05) is 17.5 Å². The minimum absolute atomic E-state index is 0.0307. The van der Waals surface area contributed by atoms with Crippen molar-refractivity contribution in [3.63, 3.8) is 0 Å². The van der Waals surface area contributed by atoms with Crippen LogP contribution in [0.1, 0.15) is 16.2 Å². The summed E-state index contributed by atoms with van der Waals surface area (Å²) in [5.74, 6) is -0.160. The third kappa shape index (κ3) is 4.53. The fraction of sp³-hybridized carbons (Fsp3) is 0.143. The average Bonchev–Trinajstić information content (AvgIpc) is 3.26. The summed E-state index contributed by atoms with van der Waals surface area (Å²) < 4.78 is 42.5. The monoisotopic (exact) mass is 369 g/mol. The molecule has 0 aromatic carbocycles. The number of nitrogens with one attached hydrogen (secondary N) is 1. The van der Waals surface area contributed by atoms with Gasteiger partial charge in [0.2, 0.25) is 0 Å². The molecule has 3 aromatic heterocycles. The van der Waals surface area contributed by atoms with E-state index in [0.717, 1.165) is 15.8 Å². The van der Waals surface area contributed by atoms with Crippen LogP contribution in [0.2, 0.25) is 0 Å². The zero-order valence-electron chi connectivity index (χ0n) is 12.4. The minimum Gasteiger partial charge on any atom is -0.355 e. The lowest BCUT2D eigenvalue weighted by atomic mass is 10.3. The number of rotatable bonds is 5. The molecule has 25 heavy (non-hydrogen) atoms. The van der Waals surface area contributed by atoms with Gasteiger partial charge < -0.3 is 4.52 Å². The second-order valence-corrected chi connectivity index (χ2v) is 5.75. The van der Waals surface area contributed by atoms with Gasteiger partial charge in [-0.25, -0.2) is 5.43 Å². The summed E-state index contributed by atoms with van der Waals surface area (Å²) >= 11 is 1.44. The highest BCUT2D eigenvalue weighted by Crippen LogP contribution is 2.25. The van der Waals surface area contributed by atoms with E-state index in [4.69, 9.17) is 4.52 Å². The number of aromatic nitrogens is 3. The molecule has 3 rings (SSSR count). The van der Waals surface area contributed by atoms with Gasteiger partial charge in [0, 0.05) is 12.3 Å². The predicted octanol–water partition coefficient (Wildman–Crippen LogP) is 2.93. The predicted molar refractivity (Wildman–Crippen MR) is 83.2 cm³/mol. The van der Waals surface area contributed by atoms with Crippen molar-refractivity contribution < 1.29 is 22.5 Å². The number of alkyl halides is 3. The molecule has 7 nitrogen and oxygen atoms in total. The Kier molecular flexibility index (Phi) is 4.65. The van der Waals surface area contributed by atoms with E-state index < -0.39 is 18.6 Å². The van der Waals surface area contributed by atoms with E-state index in [0.29, 0.717) is 5.76 Å². The number of carbonyl (C=O) groups is 1. The van der Waals surface area contributed by atoms with Crippen LogP contribution in [0.5, 0.6) is 0 Å². The molecule has 0 fully saturated rings. The molecule has 0 atom stereocenters. The molecule has 3 aromatic rings. The maximum Gasteiger partial charge on any atom is 0.408 e. The van der Waals surface area contributed by atoms with Crippen LogP contribution in [-0.2, 0) is 6.54 Å². The van der Waals surface area contributed by atoms with Gasteiger partial charge in [-0.05, 0) is 17.5 Å². The van der Waals surface area contributed by atoms with Crippen LogP contribution in [0, 0.1) is 0 Å². The number of hydrogen-bond donors (Lipinski definition) is 1. The largest absolute Gasteiger partial charge is 0.408 e. The summed E-state index contributed by atoms with van der Waals surface area (Å²) in [5.41, 5.74) is 2.40. The van der Waals surface area contributed by atoms with Gasteiger partial charge in [-0.3, -0.25) is 9.48 Å². The smallest absolute Gasteiger partial charge is 0.355 e. The number of amides is 1. The Morgan fingerprint density at radius 1 is 1.44 bits per heavy atom. The Morgan fingerprint density at radius 3 is 3.00 bits per heavy atom. The van der Waals surface area contributed by atoms with Gasteiger partial charge in [0.1, 0.15) is 12.2 Å². The molecule has 0 radical (unpaired) electrons. The number of halogens is 3. The number of hydrazone groups is 1. The van der Waals surface area contributed by atoms with Crippen LogP contribution in [0.3, 0.4) is 0 Å². The van der Waals surface area contributed by atoms with E-state index in [2.05, 4.69) is 20.8 Å². The maximum absolute atomic E-state index is 12.2. The summed E-state index contributed by atoms with van der Waals surface area (Å²) in [6.45, 7) is -1.20. The highest BCUT2D eigenvalue weighted by molar-refractivity contribution is 7.13. The Bertz CT molecular complexity index is 883. The van der Waals surface area contributed by atoms with Gasteiger partial charge in [-0.2, -0.15) is 23.4 Å². The molecule has 11 heteroatoms. The molecule has 0 aliphatic carbocycles. The molecule has 0 spiro atoms. The van der Waals surface area contributed by atoms with Crippen molar-refractivity contribution >= 4 is 23.5 Å². The summed E-state index contributed by atoms with van der Waals surface area (Å²) in [6, 6.07) is 6.47. The minimum atomic E-state index is -4.36. The zero-order valence-corrected chi connectivity index (χ0v) is 13.2. The van der Waals surface area contributed by atoms with Crippen molar-refractivity contribution in [2.75, 3.05) is 0 Å². The summed E-state index contributed by atoms with van der Waals surface area (Å²) in [5, 5.41) is 12.8. The molecule has 0 aliphatic rings. The van der Waals surface area contributed by atoms with Gasteiger partial charge in [0.15, 0.2) is 11.5 Å². The lowest BCUT2D eigenvalue weighted by Crippen LogP contribution is -2.18. The lowest BCUT2D eigenvalue weighted by molar-refractivity contribution is -0.142. The molecule has 1 amide bonds. The van der Waals surface area contributed by atoms with E-state index in [9.17, 15) is 18.0 Å². The molecule has 0 bridgehead atoms. The van der Waals surface area contributed by atoms with Gasteiger partial charge >= 0.3 is 6.18 Å². The van der Waals surface area contributed by atoms with E-state index >= 15 is 0 Å². The first-order valence-corrected chi connectivity index (χ1v) is 7.73. The van der Waals surface area contributed by atoms with Gasteiger partial charge in [-0.1, -0.05) is 11.2 Å². The molecular weight excluding hydrogens is 359 g/mol. The first-order valence-electron chi connectivity index (χ1n) is 6.85. The van der Waals surface area contributed by atoms with E-state index in [1.54, 1.807) is 0 Å². The van der Waals surface area contributed by atoms with Crippen molar-refractivity contribution in [3.8, 4) is 10.6 Å². The Morgan fingerprint density at radius 2 is 2.28 bits per heavy atom. The molecule has 0 unspecified atom stereocenters. The second kappa shape index (κ2) is 6.89. The second-order valence-electron chi connectivity index (χ2n) is 4.81. The lowest BCUT2D eigenvalue weighted by Gasteiger charge is -2.04. The van der Waals surface area contributed by atoms with Crippen LogP contribution < -0.4 is 5.43 Å². The fourth-order valence-corrected chi connectivity index (χ4v) is 2.52. The van der Waals surface area contributed by atoms with Gasteiger partial charge in [0.25, 0.3) is 5.91 Å². The topological polar surface area (TPSA) is 85.3 Å². The standard InChI is InChI=1S/C14H10F3N5O2S/c15-14(16,17)8-22-4-3-9(20-22)7-18-19-13(23)10-6-11(24-21-10)12-2-1-5-25-12/h1-7H,8H2,(H,19,23)/b18-7-. The fourth-order valence-electron chi connectivity index (χ4n) is 1.85. The quantitative estimate of drug-likeness (QED) is 0.554. The Hall–Kier alpha value is -2.95. The molecular formula is C14H10F3N5O2S. The average molecular weight is 369 g/mol. The zero-order chi connectivity index (χ0) is 17.9. The summed E-state index contributed by atoms with van der Waals surface area (Å²) in [4.78, 5) is 12.7. The number of carbonyl (C=O) groups excluding carboxylic acids is 1. The third-order valence-corrected chi connectivity index (χ3v) is 3.76. The Labute approximate surface area is 142 Å². The SMILES string of the molecule is O=C(N/N=C\c1ccn(CC(F)(F)F)n1)c1cc(-c2cccs2)on1. The van der Waals surface area contributed by atoms with Crippen LogP contribution in [0.15, 0.2) is 45.5 Å². The Balaban J connectivity index is 1.58. The number of thiophene rings is 1. The summed E-state index contributed by atoms with van der Waals surface area (Å²) in [7, 11) is 0. The van der Waals surface area contributed by atoms with Crippen LogP contribution in [0.4, 0.5) is 13.2 Å². The molecule has 1 N–H and O–H groups in total. The third-order valence-electron chi connectivity index (χ3n) is 2.87. The number of hydrogen-bond acceptors (Lipinski definition) is 6. The van der Waals surface area contributed by atoms with Crippen molar-refractivity contribution in [2.24, 2.45) is 5.10 Å². The van der Waals surface area contributed by atoms with E-state index in [1.165, 1.54) is 29.7 Å². The summed E-state index contributed by atoms with van der Waals surface area (Å²) in [6.07, 6.45) is -2.06. The van der Waals surface area contributed by atoms with Crippen LogP contribution >= 0.6 is 11.3 Å². The highest BCUT2D eigenvalue weighted by Gasteiger charge is 2.28. The van der Waals surface area contributed by atoms with Crippen LogP contribution in [-0.4, -0.2) is 33.2 Å². The number of nitrogens with zero attached hydrogens (tertiary/aromatic N) is 4. The van der Waals surface area contributed by atoms with Gasteiger partial charge in [-0.15, -0.1) is 11.3 Å². The van der Waals surface area contributed by atoms with Crippen molar-refractivity contribution in [2.45, 2.75) is 12.7 Å². The highest BCUT2D eigenvalue weighted by atomic mass is 32.1. The van der Waals surface area contributed by atoms with E-state index in [-0.39, 0.29) is 11.4 Å². The molecule has 0 saturated heterocycles. The van der Waals surface area contributed by atoms with Crippen molar-refractivity contribution in [3.05, 3.63) is 47.2 Å². The first kappa shape index (κ1) is 16.9. The molecule has 130 valence electrons. The normalized spacial score (nSPS) is 12.0.